The highest BCUT2D eigenvalue weighted by atomic mass is 16.4. The van der Waals surface area contributed by atoms with Gasteiger partial charge in [-0.3, -0.25) is 0 Å². The monoisotopic (exact) mass is 227 g/mol. The van der Waals surface area contributed by atoms with Crippen molar-refractivity contribution < 1.29 is 9.52 Å². The van der Waals surface area contributed by atoms with Crippen LogP contribution in [0, 0.1) is 6.92 Å². The summed E-state index contributed by atoms with van der Waals surface area (Å²) in [5.41, 5.74) is 1.45. The summed E-state index contributed by atoms with van der Waals surface area (Å²) < 4.78 is 5.13. The Hall–Kier alpha value is -2.36. The maximum absolute atomic E-state index is 11.8. The molecule has 0 saturated carbocycles. The number of pyridine rings is 1. The summed E-state index contributed by atoms with van der Waals surface area (Å²) in [4.78, 5) is 15.9. The SMILES string of the molecule is Cc1ccc2c(c1)c(=O)oc1cc(O)cnc12. The molecule has 1 aromatic carbocycles. The molecule has 3 rings (SSSR count). The average Bonchev–Trinajstić information content (AvgIpc) is 2.29. The summed E-state index contributed by atoms with van der Waals surface area (Å²) in [6.45, 7) is 1.91. The molecule has 0 aliphatic heterocycles. The zero-order chi connectivity index (χ0) is 12.0. The van der Waals surface area contributed by atoms with Gasteiger partial charge in [0.05, 0.1) is 11.6 Å². The molecule has 0 atom stereocenters. The lowest BCUT2D eigenvalue weighted by molar-refractivity contribution is 0.470. The van der Waals surface area contributed by atoms with Gasteiger partial charge in [-0.25, -0.2) is 9.78 Å². The van der Waals surface area contributed by atoms with E-state index < -0.39 is 5.63 Å². The molecule has 2 heterocycles. The molecule has 1 N–H and O–H groups in total. The van der Waals surface area contributed by atoms with Crippen LogP contribution in [-0.2, 0) is 0 Å². The number of aromatic hydroxyl groups is 1. The number of hydrogen-bond donors (Lipinski definition) is 1. The van der Waals surface area contributed by atoms with Crippen LogP contribution in [0.4, 0.5) is 0 Å². The van der Waals surface area contributed by atoms with Crippen LogP contribution in [0.25, 0.3) is 21.9 Å². The Labute approximate surface area is 96.1 Å². The van der Waals surface area contributed by atoms with Crippen molar-refractivity contribution in [3.8, 4) is 5.75 Å². The fourth-order valence-corrected chi connectivity index (χ4v) is 1.90. The van der Waals surface area contributed by atoms with Crippen molar-refractivity contribution in [1.29, 1.82) is 0 Å². The maximum Gasteiger partial charge on any atom is 0.344 e. The first-order valence-corrected chi connectivity index (χ1v) is 5.17. The minimum atomic E-state index is -0.413. The van der Waals surface area contributed by atoms with Crippen molar-refractivity contribution >= 4 is 21.9 Å². The summed E-state index contributed by atoms with van der Waals surface area (Å²) in [6, 6.07) is 6.92. The Morgan fingerprint density at radius 3 is 2.88 bits per heavy atom. The fraction of sp³-hybridized carbons (Fsp3) is 0.0769. The molecule has 4 nitrogen and oxygen atoms in total. The Kier molecular flexibility index (Phi) is 1.92. The molecule has 0 spiro atoms. The zero-order valence-electron chi connectivity index (χ0n) is 9.10. The van der Waals surface area contributed by atoms with E-state index in [2.05, 4.69) is 4.98 Å². The van der Waals surface area contributed by atoms with Gasteiger partial charge in [0.15, 0.2) is 5.58 Å². The molecule has 0 unspecified atom stereocenters. The highest BCUT2D eigenvalue weighted by Crippen LogP contribution is 2.23. The normalized spacial score (nSPS) is 11.1. The highest BCUT2D eigenvalue weighted by molar-refractivity contribution is 6.02. The summed E-state index contributed by atoms with van der Waals surface area (Å²) in [5.74, 6) is -0.0212. The predicted molar refractivity (Wildman–Crippen MR) is 64.2 cm³/mol. The van der Waals surface area contributed by atoms with Crippen LogP contribution >= 0.6 is 0 Å². The van der Waals surface area contributed by atoms with Crippen LogP contribution in [0.3, 0.4) is 0 Å². The second-order valence-corrected chi connectivity index (χ2v) is 3.98. The van der Waals surface area contributed by atoms with Crippen molar-refractivity contribution in [1.82, 2.24) is 4.98 Å². The average molecular weight is 227 g/mol. The second kappa shape index (κ2) is 3.31. The zero-order valence-corrected chi connectivity index (χ0v) is 9.10. The number of aryl methyl sites for hydroxylation is 1. The quantitative estimate of drug-likeness (QED) is 0.599. The Morgan fingerprint density at radius 2 is 2.06 bits per heavy atom. The number of aromatic nitrogens is 1. The largest absolute Gasteiger partial charge is 0.506 e. The molecular formula is C13H9NO3. The van der Waals surface area contributed by atoms with Gasteiger partial charge < -0.3 is 9.52 Å². The van der Waals surface area contributed by atoms with Crippen molar-refractivity contribution in [2.45, 2.75) is 6.92 Å². The van der Waals surface area contributed by atoms with Crippen molar-refractivity contribution in [2.24, 2.45) is 0 Å². The van der Waals surface area contributed by atoms with Crippen LogP contribution < -0.4 is 5.63 Å². The molecule has 0 saturated heterocycles. The van der Waals surface area contributed by atoms with E-state index >= 15 is 0 Å². The van der Waals surface area contributed by atoms with Crippen molar-refractivity contribution in [3.63, 3.8) is 0 Å². The minimum absolute atomic E-state index is 0.0212. The molecule has 0 aliphatic carbocycles. The molecule has 17 heavy (non-hydrogen) atoms. The number of nitrogens with zero attached hydrogens (tertiary/aromatic N) is 1. The number of benzene rings is 1. The van der Waals surface area contributed by atoms with E-state index in [0.717, 1.165) is 10.9 Å². The van der Waals surface area contributed by atoms with Gasteiger partial charge in [-0.05, 0) is 13.0 Å². The summed E-state index contributed by atoms with van der Waals surface area (Å²) in [6.07, 6.45) is 1.33. The summed E-state index contributed by atoms with van der Waals surface area (Å²) in [5, 5.41) is 10.6. The third-order valence-corrected chi connectivity index (χ3v) is 2.69. The minimum Gasteiger partial charge on any atom is -0.506 e. The third kappa shape index (κ3) is 1.45. The molecule has 0 amide bonds. The number of fused-ring (bicyclic) bond motifs is 3. The molecule has 0 aliphatic rings. The fourth-order valence-electron chi connectivity index (χ4n) is 1.90. The standard InChI is InChI=1S/C13H9NO3/c1-7-2-3-9-10(4-7)13(16)17-11-5-8(15)6-14-12(9)11/h2-6,15H,1H3. The van der Waals surface area contributed by atoms with Gasteiger partial charge in [-0.1, -0.05) is 17.7 Å². The van der Waals surface area contributed by atoms with Gasteiger partial charge in [-0.15, -0.1) is 0 Å². The van der Waals surface area contributed by atoms with Crippen LogP contribution in [0.15, 0.2) is 39.7 Å². The van der Waals surface area contributed by atoms with E-state index in [1.807, 2.05) is 19.1 Å². The Morgan fingerprint density at radius 1 is 1.24 bits per heavy atom. The Bertz CT molecular complexity index is 790. The van der Waals surface area contributed by atoms with Crippen LogP contribution in [0.1, 0.15) is 5.56 Å². The maximum atomic E-state index is 11.8. The summed E-state index contributed by atoms with van der Waals surface area (Å²) >= 11 is 0. The lowest BCUT2D eigenvalue weighted by Gasteiger charge is -2.02. The second-order valence-electron chi connectivity index (χ2n) is 3.98. The van der Waals surface area contributed by atoms with Crippen molar-refractivity contribution in [2.75, 3.05) is 0 Å². The Balaban J connectivity index is 2.60. The van der Waals surface area contributed by atoms with E-state index in [1.54, 1.807) is 6.07 Å². The van der Waals surface area contributed by atoms with Gasteiger partial charge in [-0.2, -0.15) is 0 Å². The van der Waals surface area contributed by atoms with E-state index in [0.29, 0.717) is 16.5 Å². The van der Waals surface area contributed by atoms with Gasteiger partial charge in [0, 0.05) is 11.5 Å². The predicted octanol–water partition coefficient (Wildman–Crippen LogP) is 2.36. The summed E-state index contributed by atoms with van der Waals surface area (Å²) in [7, 11) is 0. The first-order chi connectivity index (χ1) is 8.15. The van der Waals surface area contributed by atoms with Crippen LogP contribution in [0.2, 0.25) is 0 Å². The lowest BCUT2D eigenvalue weighted by Crippen LogP contribution is -2.00. The van der Waals surface area contributed by atoms with E-state index in [4.69, 9.17) is 4.42 Å². The van der Waals surface area contributed by atoms with E-state index in [9.17, 15) is 9.90 Å². The first kappa shape index (κ1) is 9.84. The first-order valence-electron chi connectivity index (χ1n) is 5.17. The van der Waals surface area contributed by atoms with Crippen LogP contribution in [0.5, 0.6) is 5.75 Å². The van der Waals surface area contributed by atoms with E-state index in [1.165, 1.54) is 12.3 Å². The molecule has 0 bridgehead atoms. The molecule has 0 radical (unpaired) electrons. The highest BCUT2D eigenvalue weighted by Gasteiger charge is 2.08. The topological polar surface area (TPSA) is 63.3 Å². The van der Waals surface area contributed by atoms with Gasteiger partial charge in [0.25, 0.3) is 0 Å². The molecule has 3 aromatic rings. The lowest BCUT2D eigenvalue weighted by atomic mass is 10.1. The molecule has 0 fully saturated rings. The molecular weight excluding hydrogens is 218 g/mol. The van der Waals surface area contributed by atoms with Crippen LogP contribution in [-0.4, -0.2) is 10.1 Å². The van der Waals surface area contributed by atoms with E-state index in [-0.39, 0.29) is 5.75 Å². The van der Waals surface area contributed by atoms with Gasteiger partial charge >= 0.3 is 5.63 Å². The third-order valence-electron chi connectivity index (χ3n) is 2.69. The van der Waals surface area contributed by atoms with Crippen molar-refractivity contribution in [3.05, 3.63) is 46.4 Å². The number of rotatable bonds is 0. The number of hydrogen-bond acceptors (Lipinski definition) is 4. The smallest absolute Gasteiger partial charge is 0.344 e. The van der Waals surface area contributed by atoms with Gasteiger partial charge in [0.2, 0.25) is 0 Å². The molecule has 84 valence electrons. The molecule has 4 heteroatoms. The van der Waals surface area contributed by atoms with Gasteiger partial charge in [0.1, 0.15) is 11.3 Å². The molecule has 2 aromatic heterocycles.